The molecule has 0 amide bonds. The molecule has 2 aromatic carbocycles. The van der Waals surface area contributed by atoms with Gasteiger partial charge < -0.3 is 9.78 Å². The van der Waals surface area contributed by atoms with Gasteiger partial charge in [-0.3, -0.25) is 0 Å². The van der Waals surface area contributed by atoms with Gasteiger partial charge in [0, 0.05) is 10.6 Å². The van der Waals surface area contributed by atoms with Gasteiger partial charge in [0.15, 0.2) is 11.5 Å². The molecular formula is C12H12O4P2. The van der Waals surface area contributed by atoms with Crippen LogP contribution in [0.4, 0.5) is 0 Å². The Balaban J connectivity index is 2.42. The predicted octanol–water partition coefficient (Wildman–Crippen LogP) is 2.06. The van der Waals surface area contributed by atoms with E-state index in [-0.39, 0.29) is 0 Å². The van der Waals surface area contributed by atoms with Crippen molar-refractivity contribution >= 4 is 29.1 Å². The SMILES string of the molecule is OOc1ccc(-c2ccc(OO)c(P)c2)cc1P. The van der Waals surface area contributed by atoms with Crippen molar-refractivity contribution < 1.29 is 20.3 Å². The molecule has 0 aliphatic rings. The van der Waals surface area contributed by atoms with Crippen LogP contribution in [0.15, 0.2) is 36.4 Å². The minimum atomic E-state index is 0.394. The second kappa shape index (κ2) is 5.64. The van der Waals surface area contributed by atoms with Gasteiger partial charge in [-0.25, -0.2) is 10.5 Å². The average molecular weight is 282 g/mol. The van der Waals surface area contributed by atoms with Crippen LogP contribution in [0.2, 0.25) is 0 Å². The summed E-state index contributed by atoms with van der Waals surface area (Å²) < 4.78 is 0. The summed E-state index contributed by atoms with van der Waals surface area (Å²) in [5.74, 6) is 0.787. The summed E-state index contributed by atoms with van der Waals surface area (Å²) in [4.78, 5) is 8.44. The van der Waals surface area contributed by atoms with Gasteiger partial charge in [0.1, 0.15) is 0 Å². The van der Waals surface area contributed by atoms with Crippen LogP contribution >= 0.6 is 18.5 Å². The molecule has 2 unspecified atom stereocenters. The summed E-state index contributed by atoms with van der Waals surface area (Å²) in [7, 11) is 4.98. The first-order valence-corrected chi connectivity index (χ1v) is 6.23. The lowest BCUT2D eigenvalue weighted by atomic mass is 10.1. The number of hydrogen-bond donors (Lipinski definition) is 2. The van der Waals surface area contributed by atoms with E-state index < -0.39 is 0 Å². The van der Waals surface area contributed by atoms with Gasteiger partial charge in [-0.05, 0) is 35.4 Å². The van der Waals surface area contributed by atoms with Crippen LogP contribution in [-0.2, 0) is 0 Å². The van der Waals surface area contributed by atoms with E-state index in [0.717, 1.165) is 21.7 Å². The molecule has 0 spiro atoms. The van der Waals surface area contributed by atoms with E-state index in [4.69, 9.17) is 10.5 Å². The van der Waals surface area contributed by atoms with Gasteiger partial charge in [-0.1, -0.05) is 12.1 Å². The molecule has 0 fully saturated rings. The number of rotatable bonds is 3. The van der Waals surface area contributed by atoms with Crippen molar-refractivity contribution in [2.75, 3.05) is 0 Å². The summed E-state index contributed by atoms with van der Waals surface area (Å²) in [6.45, 7) is 0. The molecule has 0 aliphatic heterocycles. The van der Waals surface area contributed by atoms with E-state index in [0.29, 0.717) is 11.5 Å². The lowest BCUT2D eigenvalue weighted by molar-refractivity contribution is -0.136. The molecule has 0 radical (unpaired) electrons. The fraction of sp³-hybridized carbons (Fsp3) is 0. The standard InChI is InChI=1S/C12H12O4P2/c13-15-9-3-1-7(5-11(9)17)8-2-4-10(16-14)12(18)6-8/h1-6,13-14H,17-18H2. The summed E-state index contributed by atoms with van der Waals surface area (Å²) in [5.41, 5.74) is 1.93. The van der Waals surface area contributed by atoms with E-state index in [1.807, 2.05) is 24.3 Å². The van der Waals surface area contributed by atoms with Crippen molar-refractivity contribution in [3.05, 3.63) is 36.4 Å². The van der Waals surface area contributed by atoms with Gasteiger partial charge in [-0.2, -0.15) is 0 Å². The van der Waals surface area contributed by atoms with Crippen molar-refractivity contribution in [1.82, 2.24) is 0 Å². The molecule has 0 saturated heterocycles. The second-order valence-electron chi connectivity index (χ2n) is 3.69. The Bertz CT molecular complexity index is 520. The van der Waals surface area contributed by atoms with Gasteiger partial charge in [-0.15, -0.1) is 18.5 Å². The van der Waals surface area contributed by atoms with E-state index >= 15 is 0 Å². The Morgan fingerprint density at radius 2 is 1.11 bits per heavy atom. The van der Waals surface area contributed by atoms with E-state index in [9.17, 15) is 0 Å². The van der Waals surface area contributed by atoms with Gasteiger partial charge in [0.2, 0.25) is 0 Å². The first kappa shape index (κ1) is 13.3. The van der Waals surface area contributed by atoms with E-state index in [1.165, 1.54) is 0 Å². The Kier molecular flexibility index (Phi) is 4.15. The van der Waals surface area contributed by atoms with Crippen molar-refractivity contribution in [2.24, 2.45) is 0 Å². The third-order valence-electron chi connectivity index (χ3n) is 2.55. The van der Waals surface area contributed by atoms with Crippen LogP contribution in [0.3, 0.4) is 0 Å². The van der Waals surface area contributed by atoms with Crippen LogP contribution in [0.5, 0.6) is 11.5 Å². The van der Waals surface area contributed by atoms with Gasteiger partial charge >= 0.3 is 0 Å². The monoisotopic (exact) mass is 282 g/mol. The van der Waals surface area contributed by atoms with Gasteiger partial charge in [0.25, 0.3) is 0 Å². The first-order chi connectivity index (χ1) is 8.65. The molecule has 94 valence electrons. The second-order valence-corrected chi connectivity index (χ2v) is 4.93. The van der Waals surface area contributed by atoms with Crippen LogP contribution < -0.4 is 20.4 Å². The molecule has 4 nitrogen and oxygen atoms in total. The molecule has 0 saturated carbocycles. The molecule has 2 atom stereocenters. The zero-order chi connectivity index (χ0) is 13.1. The summed E-state index contributed by atoms with van der Waals surface area (Å²) in [5, 5.41) is 18.8. The van der Waals surface area contributed by atoms with Crippen LogP contribution in [0, 0.1) is 0 Å². The van der Waals surface area contributed by atoms with Crippen molar-refractivity contribution in [3.8, 4) is 22.6 Å². The van der Waals surface area contributed by atoms with Crippen molar-refractivity contribution in [2.45, 2.75) is 0 Å². The minimum Gasteiger partial charge on any atom is -0.340 e. The highest BCUT2D eigenvalue weighted by Gasteiger charge is 2.06. The molecule has 2 rings (SSSR count). The molecular weight excluding hydrogens is 270 g/mol. The highest BCUT2D eigenvalue weighted by atomic mass is 31.0. The Morgan fingerprint density at radius 1 is 0.722 bits per heavy atom. The normalized spacial score (nSPS) is 10.2. The molecule has 0 aromatic heterocycles. The summed E-state index contributed by atoms with van der Waals surface area (Å²) in [6.07, 6.45) is 0. The largest absolute Gasteiger partial charge is 0.340 e. The summed E-state index contributed by atoms with van der Waals surface area (Å²) in [6, 6.07) is 10.8. The van der Waals surface area contributed by atoms with Crippen molar-refractivity contribution in [3.63, 3.8) is 0 Å². The topological polar surface area (TPSA) is 58.9 Å². The van der Waals surface area contributed by atoms with Crippen LogP contribution in [0.1, 0.15) is 0 Å². The Labute approximate surface area is 109 Å². The fourth-order valence-corrected chi connectivity index (χ4v) is 2.28. The number of hydrogen-bond acceptors (Lipinski definition) is 4. The lowest BCUT2D eigenvalue weighted by Gasteiger charge is -2.08. The lowest BCUT2D eigenvalue weighted by Crippen LogP contribution is -2.01. The molecule has 2 N–H and O–H groups in total. The van der Waals surface area contributed by atoms with E-state index in [2.05, 4.69) is 28.3 Å². The smallest absolute Gasteiger partial charge is 0.172 e. The number of benzene rings is 2. The van der Waals surface area contributed by atoms with Crippen LogP contribution in [-0.4, -0.2) is 10.5 Å². The maximum absolute atomic E-state index is 8.63. The molecule has 2 aromatic rings. The molecule has 0 bridgehead atoms. The predicted molar refractivity (Wildman–Crippen MR) is 77.1 cm³/mol. The highest BCUT2D eigenvalue weighted by Crippen LogP contribution is 2.24. The maximum atomic E-state index is 8.63. The van der Waals surface area contributed by atoms with E-state index in [1.54, 1.807) is 12.1 Å². The van der Waals surface area contributed by atoms with Gasteiger partial charge in [0.05, 0.1) is 0 Å². The quantitative estimate of drug-likeness (QED) is 0.514. The third kappa shape index (κ3) is 2.63. The zero-order valence-corrected chi connectivity index (χ0v) is 11.6. The Hall–Kier alpha value is -1.18. The van der Waals surface area contributed by atoms with Crippen molar-refractivity contribution in [1.29, 1.82) is 0 Å². The Morgan fingerprint density at radius 3 is 1.39 bits per heavy atom. The first-order valence-electron chi connectivity index (χ1n) is 5.08. The van der Waals surface area contributed by atoms with Crippen LogP contribution in [0.25, 0.3) is 11.1 Å². The zero-order valence-electron chi connectivity index (χ0n) is 9.33. The average Bonchev–Trinajstić information content (AvgIpc) is 2.38. The highest BCUT2D eigenvalue weighted by molar-refractivity contribution is 7.28. The minimum absolute atomic E-state index is 0.394. The summed E-state index contributed by atoms with van der Waals surface area (Å²) >= 11 is 0. The molecule has 0 heterocycles. The molecule has 0 aliphatic carbocycles. The molecule has 18 heavy (non-hydrogen) atoms. The third-order valence-corrected chi connectivity index (χ3v) is 3.45. The maximum Gasteiger partial charge on any atom is 0.172 e. The molecule has 6 heteroatoms. The fourth-order valence-electron chi connectivity index (χ4n) is 1.62.